The first-order chi connectivity index (χ1) is 11.3. The van der Waals surface area contributed by atoms with Crippen LogP contribution in [0.25, 0.3) is 0 Å². The van der Waals surface area contributed by atoms with E-state index in [1.165, 1.54) is 22.5 Å². The van der Waals surface area contributed by atoms with Crippen LogP contribution in [0.15, 0.2) is 46.8 Å². The Labute approximate surface area is 140 Å². The van der Waals surface area contributed by atoms with E-state index >= 15 is 0 Å². The fourth-order valence-corrected chi connectivity index (χ4v) is 3.43. The third-order valence-corrected chi connectivity index (χ3v) is 4.73. The Bertz CT molecular complexity index is 695. The van der Waals surface area contributed by atoms with Crippen LogP contribution in [-0.4, -0.2) is 18.5 Å². The maximum atomic E-state index is 12.2. The number of hydrogen-bond acceptors (Lipinski definition) is 4. The van der Waals surface area contributed by atoms with Crippen LogP contribution >= 0.6 is 11.3 Å². The number of hydrogen-bond donors (Lipinski definition) is 1. The number of benzene rings is 1. The molecule has 1 aliphatic rings. The second-order valence-electron chi connectivity index (χ2n) is 5.41. The standard InChI is InChI=1S/C18H20N2O2S/c1-2-22-18(20-17(21)16-11-6-12-23-16)19-15-10-5-8-13-7-3-4-9-14(13)15/h3-4,6-7,9,11-12,15H,2,5,8,10H2,1H3,(H,19,20,21)/t15-/m0/s1. The lowest BCUT2D eigenvalue weighted by molar-refractivity contribution is 0.0970. The SMILES string of the molecule is CCOC(=N[C@H]1CCCc2ccccc21)NC(=O)c1cccs1. The number of carbonyl (C=O) groups is 1. The van der Waals surface area contributed by atoms with E-state index in [1.54, 1.807) is 6.07 Å². The van der Waals surface area contributed by atoms with Gasteiger partial charge in [-0.15, -0.1) is 11.3 Å². The molecule has 0 bridgehead atoms. The van der Waals surface area contributed by atoms with Crippen LogP contribution < -0.4 is 5.32 Å². The molecule has 1 amide bonds. The number of aryl methyl sites for hydroxylation is 1. The van der Waals surface area contributed by atoms with Gasteiger partial charge >= 0.3 is 0 Å². The quantitative estimate of drug-likeness (QED) is 0.685. The van der Waals surface area contributed by atoms with Gasteiger partial charge in [0.2, 0.25) is 0 Å². The maximum absolute atomic E-state index is 12.2. The summed E-state index contributed by atoms with van der Waals surface area (Å²) >= 11 is 1.40. The van der Waals surface area contributed by atoms with E-state index in [1.807, 2.05) is 24.4 Å². The van der Waals surface area contributed by atoms with Crippen molar-refractivity contribution in [3.8, 4) is 0 Å². The zero-order chi connectivity index (χ0) is 16.1. The summed E-state index contributed by atoms with van der Waals surface area (Å²) in [6.07, 6.45) is 3.17. The average molecular weight is 328 g/mol. The van der Waals surface area contributed by atoms with Crippen molar-refractivity contribution in [1.29, 1.82) is 0 Å². The van der Waals surface area contributed by atoms with Crippen LogP contribution in [0.5, 0.6) is 0 Å². The lowest BCUT2D eigenvalue weighted by Gasteiger charge is -2.23. The number of amidine groups is 1. The summed E-state index contributed by atoms with van der Waals surface area (Å²) in [5.74, 6) is -0.170. The summed E-state index contributed by atoms with van der Waals surface area (Å²) < 4.78 is 5.55. The molecule has 0 spiro atoms. The molecule has 0 unspecified atom stereocenters. The summed E-state index contributed by atoms with van der Waals surface area (Å²) in [6, 6.07) is 12.4. The predicted molar refractivity (Wildman–Crippen MR) is 93.0 cm³/mol. The van der Waals surface area contributed by atoms with Gasteiger partial charge < -0.3 is 4.74 Å². The van der Waals surface area contributed by atoms with Crippen molar-refractivity contribution in [2.24, 2.45) is 4.99 Å². The fraction of sp³-hybridized carbons (Fsp3) is 0.333. The molecular formula is C18H20N2O2S. The van der Waals surface area contributed by atoms with E-state index in [0.29, 0.717) is 17.5 Å². The lowest BCUT2D eigenvalue weighted by Crippen LogP contribution is -2.32. The van der Waals surface area contributed by atoms with Crippen LogP contribution in [-0.2, 0) is 11.2 Å². The Kier molecular flexibility index (Phi) is 5.08. The molecule has 1 aromatic heterocycles. The highest BCUT2D eigenvalue weighted by Crippen LogP contribution is 2.32. The van der Waals surface area contributed by atoms with Gasteiger partial charge in [0, 0.05) is 0 Å². The molecule has 1 aliphatic carbocycles. The number of fused-ring (bicyclic) bond motifs is 1. The number of thiophene rings is 1. The first-order valence-corrected chi connectivity index (χ1v) is 8.79. The third-order valence-electron chi connectivity index (χ3n) is 3.86. The second kappa shape index (κ2) is 7.42. The summed E-state index contributed by atoms with van der Waals surface area (Å²) in [7, 11) is 0. The largest absolute Gasteiger partial charge is 0.465 e. The molecule has 2 aromatic rings. The van der Waals surface area contributed by atoms with Gasteiger partial charge in [-0.25, -0.2) is 4.99 Å². The van der Waals surface area contributed by atoms with Gasteiger partial charge in [-0.2, -0.15) is 0 Å². The third kappa shape index (κ3) is 3.79. The molecule has 3 rings (SSSR count). The Morgan fingerprint density at radius 1 is 1.35 bits per heavy atom. The van der Waals surface area contributed by atoms with Gasteiger partial charge in [0.15, 0.2) is 0 Å². The average Bonchev–Trinajstić information content (AvgIpc) is 3.10. The number of nitrogens with zero attached hydrogens (tertiary/aromatic N) is 1. The topological polar surface area (TPSA) is 50.7 Å². The number of nitrogens with one attached hydrogen (secondary N) is 1. The zero-order valence-electron chi connectivity index (χ0n) is 13.1. The number of carbonyl (C=O) groups excluding carboxylic acids is 1. The number of aliphatic imine (C=N–C) groups is 1. The van der Waals surface area contributed by atoms with Crippen molar-refractivity contribution < 1.29 is 9.53 Å². The number of ether oxygens (including phenoxy) is 1. The summed E-state index contributed by atoms with van der Waals surface area (Å²) in [5, 5.41) is 4.68. The zero-order valence-corrected chi connectivity index (χ0v) is 13.9. The second-order valence-corrected chi connectivity index (χ2v) is 6.35. The fourth-order valence-electron chi connectivity index (χ4n) is 2.81. The predicted octanol–water partition coefficient (Wildman–Crippen LogP) is 3.95. The van der Waals surface area contributed by atoms with Crippen molar-refractivity contribution in [3.63, 3.8) is 0 Å². The van der Waals surface area contributed by atoms with Crippen LogP contribution in [0.1, 0.15) is 46.6 Å². The smallest absolute Gasteiger partial charge is 0.292 e. The molecule has 1 atom stereocenters. The Morgan fingerprint density at radius 2 is 2.22 bits per heavy atom. The van der Waals surface area contributed by atoms with E-state index in [4.69, 9.17) is 4.74 Å². The summed E-state index contributed by atoms with van der Waals surface area (Å²) in [6.45, 7) is 2.36. The van der Waals surface area contributed by atoms with Crippen molar-refractivity contribution in [1.82, 2.24) is 5.32 Å². The molecule has 1 aromatic carbocycles. The molecule has 0 radical (unpaired) electrons. The van der Waals surface area contributed by atoms with Crippen molar-refractivity contribution in [2.45, 2.75) is 32.2 Å². The minimum Gasteiger partial charge on any atom is -0.465 e. The van der Waals surface area contributed by atoms with E-state index < -0.39 is 0 Å². The van der Waals surface area contributed by atoms with Gasteiger partial charge in [0.1, 0.15) is 0 Å². The maximum Gasteiger partial charge on any atom is 0.292 e. The Morgan fingerprint density at radius 3 is 3.00 bits per heavy atom. The monoisotopic (exact) mass is 328 g/mol. The van der Waals surface area contributed by atoms with E-state index in [-0.39, 0.29) is 11.9 Å². The van der Waals surface area contributed by atoms with E-state index in [2.05, 4.69) is 28.5 Å². The van der Waals surface area contributed by atoms with Crippen molar-refractivity contribution in [3.05, 3.63) is 57.8 Å². The molecule has 0 saturated carbocycles. The molecule has 1 heterocycles. The normalized spacial score (nSPS) is 17.4. The summed E-state index contributed by atoms with van der Waals surface area (Å²) in [4.78, 5) is 17.6. The first-order valence-electron chi connectivity index (χ1n) is 7.91. The van der Waals surface area contributed by atoms with Gasteiger partial charge in [0.25, 0.3) is 11.9 Å². The minimum absolute atomic E-state index is 0.0464. The highest BCUT2D eigenvalue weighted by molar-refractivity contribution is 7.12. The minimum atomic E-state index is -0.170. The highest BCUT2D eigenvalue weighted by Gasteiger charge is 2.21. The van der Waals surface area contributed by atoms with E-state index in [0.717, 1.165) is 19.3 Å². The molecule has 0 saturated heterocycles. The van der Waals surface area contributed by atoms with Gasteiger partial charge in [0.05, 0.1) is 17.5 Å². The molecular weight excluding hydrogens is 308 g/mol. The number of rotatable bonds is 3. The Balaban J connectivity index is 1.81. The first kappa shape index (κ1) is 15.7. The highest BCUT2D eigenvalue weighted by atomic mass is 32.1. The van der Waals surface area contributed by atoms with Crippen LogP contribution in [0.3, 0.4) is 0 Å². The van der Waals surface area contributed by atoms with Crippen molar-refractivity contribution in [2.75, 3.05) is 6.61 Å². The molecule has 23 heavy (non-hydrogen) atoms. The van der Waals surface area contributed by atoms with E-state index in [9.17, 15) is 4.79 Å². The molecule has 0 aliphatic heterocycles. The van der Waals surface area contributed by atoms with Gasteiger partial charge in [-0.3, -0.25) is 10.1 Å². The van der Waals surface area contributed by atoms with Gasteiger partial charge in [-0.05, 0) is 48.8 Å². The molecule has 5 heteroatoms. The van der Waals surface area contributed by atoms with Crippen LogP contribution in [0, 0.1) is 0 Å². The van der Waals surface area contributed by atoms with Gasteiger partial charge in [-0.1, -0.05) is 30.3 Å². The van der Waals surface area contributed by atoms with Crippen LogP contribution in [0.4, 0.5) is 0 Å². The van der Waals surface area contributed by atoms with Crippen LogP contribution in [0.2, 0.25) is 0 Å². The summed E-state index contributed by atoms with van der Waals surface area (Å²) in [5.41, 5.74) is 2.58. The number of amides is 1. The molecule has 120 valence electrons. The molecule has 1 N–H and O–H groups in total. The molecule has 0 fully saturated rings. The Hall–Kier alpha value is -2.14. The van der Waals surface area contributed by atoms with Crippen molar-refractivity contribution >= 4 is 23.3 Å². The lowest BCUT2D eigenvalue weighted by atomic mass is 9.88. The molecule has 4 nitrogen and oxygen atoms in total.